The maximum atomic E-state index is 11.9. The molecule has 1 heterocycles. The van der Waals surface area contributed by atoms with E-state index in [1.54, 1.807) is 0 Å². The lowest BCUT2D eigenvalue weighted by Gasteiger charge is -2.13. The highest BCUT2D eigenvalue weighted by Gasteiger charge is 2.12. The van der Waals surface area contributed by atoms with Crippen LogP contribution in [0.3, 0.4) is 0 Å². The average Bonchev–Trinajstić information content (AvgIpc) is 2.39. The lowest BCUT2D eigenvalue weighted by atomic mass is 10.1. The van der Waals surface area contributed by atoms with E-state index in [9.17, 15) is 9.59 Å². The van der Waals surface area contributed by atoms with Crippen molar-refractivity contribution in [1.29, 1.82) is 0 Å². The van der Waals surface area contributed by atoms with Crippen LogP contribution in [0.4, 0.5) is 0 Å². The van der Waals surface area contributed by atoms with E-state index in [1.807, 2.05) is 37.3 Å². The summed E-state index contributed by atoms with van der Waals surface area (Å²) >= 11 is 0. The van der Waals surface area contributed by atoms with Crippen molar-refractivity contribution < 1.29 is 4.79 Å². The van der Waals surface area contributed by atoms with Crippen molar-refractivity contribution in [3.05, 3.63) is 64.3 Å². The van der Waals surface area contributed by atoms with Gasteiger partial charge in [0, 0.05) is 6.07 Å². The fourth-order valence-corrected chi connectivity index (χ4v) is 1.59. The van der Waals surface area contributed by atoms with Crippen LogP contribution in [-0.2, 0) is 0 Å². The number of nitrogens with zero attached hydrogens (tertiary/aromatic N) is 1. The molecular weight excluding hydrogens is 230 g/mol. The minimum atomic E-state index is -0.363. The molecule has 0 spiro atoms. The molecule has 0 aliphatic heterocycles. The first-order chi connectivity index (χ1) is 8.66. The van der Waals surface area contributed by atoms with Gasteiger partial charge in [-0.3, -0.25) is 9.59 Å². The standard InChI is InChI=1S/C13H13N3O2/c1-9(10-5-3-2-4-6-10)16-13(18)11-7-12(17)15-8-14-11/h2-9H,1H3,(H,16,18)(H,14,15,17)/t9-/m1/s1. The predicted octanol–water partition coefficient (Wildman–Crippen LogP) is 1.26. The van der Waals surface area contributed by atoms with Crippen LogP contribution in [0.15, 0.2) is 47.5 Å². The van der Waals surface area contributed by atoms with Gasteiger partial charge in [0.25, 0.3) is 11.5 Å². The summed E-state index contributed by atoms with van der Waals surface area (Å²) in [7, 11) is 0. The second kappa shape index (κ2) is 5.27. The number of aromatic nitrogens is 2. The fraction of sp³-hybridized carbons (Fsp3) is 0.154. The Labute approximate surface area is 104 Å². The number of nitrogens with one attached hydrogen (secondary N) is 2. The lowest BCUT2D eigenvalue weighted by Crippen LogP contribution is -2.28. The first kappa shape index (κ1) is 12.0. The number of amides is 1. The molecule has 0 saturated carbocycles. The Morgan fingerprint density at radius 3 is 2.72 bits per heavy atom. The molecule has 0 bridgehead atoms. The van der Waals surface area contributed by atoms with Crippen molar-refractivity contribution in [1.82, 2.24) is 15.3 Å². The van der Waals surface area contributed by atoms with Crippen molar-refractivity contribution in [2.75, 3.05) is 0 Å². The van der Waals surface area contributed by atoms with Crippen molar-refractivity contribution in [3.63, 3.8) is 0 Å². The van der Waals surface area contributed by atoms with Crippen LogP contribution in [0.5, 0.6) is 0 Å². The van der Waals surface area contributed by atoms with E-state index in [2.05, 4.69) is 15.3 Å². The van der Waals surface area contributed by atoms with Gasteiger partial charge in [-0.1, -0.05) is 30.3 Å². The van der Waals surface area contributed by atoms with E-state index in [1.165, 1.54) is 12.4 Å². The number of benzene rings is 1. The summed E-state index contributed by atoms with van der Waals surface area (Å²) < 4.78 is 0. The Balaban J connectivity index is 2.11. The minimum Gasteiger partial charge on any atom is -0.344 e. The second-order valence-electron chi connectivity index (χ2n) is 3.90. The van der Waals surface area contributed by atoms with E-state index < -0.39 is 0 Å². The van der Waals surface area contributed by atoms with Gasteiger partial charge in [0.1, 0.15) is 5.69 Å². The molecule has 0 aliphatic carbocycles. The van der Waals surface area contributed by atoms with Crippen LogP contribution in [0.25, 0.3) is 0 Å². The first-order valence-electron chi connectivity index (χ1n) is 5.57. The molecule has 0 unspecified atom stereocenters. The quantitative estimate of drug-likeness (QED) is 0.852. The third-order valence-corrected chi connectivity index (χ3v) is 2.56. The molecule has 5 heteroatoms. The summed E-state index contributed by atoms with van der Waals surface area (Å²) in [6.07, 6.45) is 1.21. The molecule has 1 aromatic heterocycles. The van der Waals surface area contributed by atoms with Crippen LogP contribution in [0, 0.1) is 0 Å². The Hall–Kier alpha value is -2.43. The summed E-state index contributed by atoms with van der Waals surface area (Å²) in [4.78, 5) is 29.1. The third-order valence-electron chi connectivity index (χ3n) is 2.56. The van der Waals surface area contributed by atoms with Gasteiger partial charge in [-0.15, -0.1) is 0 Å². The number of carbonyl (C=O) groups excluding carboxylic acids is 1. The van der Waals surface area contributed by atoms with Gasteiger partial charge in [-0.05, 0) is 12.5 Å². The smallest absolute Gasteiger partial charge is 0.270 e. The lowest BCUT2D eigenvalue weighted by molar-refractivity contribution is 0.0934. The number of hydrogen-bond acceptors (Lipinski definition) is 3. The maximum absolute atomic E-state index is 11.9. The summed E-state index contributed by atoms with van der Waals surface area (Å²) in [5, 5.41) is 2.79. The first-order valence-corrected chi connectivity index (χ1v) is 5.57. The molecule has 2 aromatic rings. The Kier molecular flexibility index (Phi) is 3.52. The fourth-order valence-electron chi connectivity index (χ4n) is 1.59. The monoisotopic (exact) mass is 243 g/mol. The Bertz CT molecular complexity index is 592. The highest BCUT2D eigenvalue weighted by molar-refractivity contribution is 5.92. The molecule has 0 saturated heterocycles. The third kappa shape index (κ3) is 2.82. The van der Waals surface area contributed by atoms with Gasteiger partial charge in [0.2, 0.25) is 0 Å². The molecule has 1 amide bonds. The zero-order valence-corrected chi connectivity index (χ0v) is 9.88. The van der Waals surface area contributed by atoms with Crippen molar-refractivity contribution in [3.8, 4) is 0 Å². The van der Waals surface area contributed by atoms with Crippen LogP contribution in [0.1, 0.15) is 29.0 Å². The predicted molar refractivity (Wildman–Crippen MR) is 67.2 cm³/mol. The molecule has 18 heavy (non-hydrogen) atoms. The van der Waals surface area contributed by atoms with Gasteiger partial charge >= 0.3 is 0 Å². The highest BCUT2D eigenvalue weighted by atomic mass is 16.2. The van der Waals surface area contributed by atoms with Crippen molar-refractivity contribution >= 4 is 5.91 Å². The van der Waals surface area contributed by atoms with Crippen molar-refractivity contribution in [2.24, 2.45) is 0 Å². The molecule has 1 atom stereocenters. The van der Waals surface area contributed by atoms with Gasteiger partial charge in [0.05, 0.1) is 12.4 Å². The van der Waals surface area contributed by atoms with E-state index >= 15 is 0 Å². The SMILES string of the molecule is C[C@@H](NC(=O)c1cc(=O)[nH]cn1)c1ccccc1. The zero-order chi connectivity index (χ0) is 13.0. The summed E-state index contributed by atoms with van der Waals surface area (Å²) in [6, 6.07) is 10.6. The molecule has 1 aromatic carbocycles. The number of carbonyl (C=O) groups is 1. The average molecular weight is 243 g/mol. The molecule has 0 radical (unpaired) electrons. The van der Waals surface area contributed by atoms with Gasteiger partial charge < -0.3 is 10.3 Å². The molecule has 0 aliphatic rings. The van der Waals surface area contributed by atoms with E-state index in [-0.39, 0.29) is 23.2 Å². The summed E-state index contributed by atoms with van der Waals surface area (Å²) in [6.45, 7) is 1.88. The highest BCUT2D eigenvalue weighted by Crippen LogP contribution is 2.11. The van der Waals surface area contributed by atoms with Gasteiger partial charge in [-0.2, -0.15) is 0 Å². The molecular formula is C13H13N3O2. The van der Waals surface area contributed by atoms with E-state index in [4.69, 9.17) is 0 Å². The number of hydrogen-bond donors (Lipinski definition) is 2. The molecule has 0 fully saturated rings. The zero-order valence-electron chi connectivity index (χ0n) is 9.88. The van der Waals surface area contributed by atoms with Crippen LogP contribution < -0.4 is 10.9 Å². The van der Waals surface area contributed by atoms with Crippen LogP contribution in [0.2, 0.25) is 0 Å². The normalized spacial score (nSPS) is 11.8. The van der Waals surface area contributed by atoms with E-state index in [0.717, 1.165) is 5.56 Å². The summed E-state index contributed by atoms with van der Waals surface area (Å²) in [5.41, 5.74) is 0.764. The second-order valence-corrected chi connectivity index (χ2v) is 3.90. The molecule has 5 nitrogen and oxygen atoms in total. The number of H-pyrrole nitrogens is 1. The Morgan fingerprint density at radius 1 is 1.33 bits per heavy atom. The number of aromatic amines is 1. The Morgan fingerprint density at radius 2 is 2.06 bits per heavy atom. The molecule has 2 rings (SSSR count). The summed E-state index contributed by atoms with van der Waals surface area (Å²) in [5.74, 6) is -0.363. The van der Waals surface area contributed by atoms with Crippen LogP contribution >= 0.6 is 0 Å². The van der Waals surface area contributed by atoms with Gasteiger partial charge in [-0.25, -0.2) is 4.98 Å². The largest absolute Gasteiger partial charge is 0.344 e. The minimum absolute atomic E-state index is 0.113. The molecule has 2 N–H and O–H groups in total. The van der Waals surface area contributed by atoms with Crippen LogP contribution in [-0.4, -0.2) is 15.9 Å². The van der Waals surface area contributed by atoms with E-state index in [0.29, 0.717) is 0 Å². The maximum Gasteiger partial charge on any atom is 0.270 e. The molecule has 92 valence electrons. The van der Waals surface area contributed by atoms with Gasteiger partial charge in [0.15, 0.2) is 0 Å². The topological polar surface area (TPSA) is 74.8 Å². The number of rotatable bonds is 3. The van der Waals surface area contributed by atoms with Crippen molar-refractivity contribution in [2.45, 2.75) is 13.0 Å².